The molecule has 0 atom stereocenters. The van der Waals surface area contributed by atoms with Crippen molar-refractivity contribution in [3.8, 4) is 5.75 Å². The molecule has 0 amide bonds. The lowest BCUT2D eigenvalue weighted by atomic mass is 10.5. The fourth-order valence-corrected chi connectivity index (χ4v) is 2.72. The third-order valence-corrected chi connectivity index (χ3v) is 3.66. The van der Waals surface area contributed by atoms with E-state index in [1.54, 1.807) is 11.7 Å². The minimum Gasteiger partial charge on any atom is -0.490 e. The van der Waals surface area contributed by atoms with Crippen molar-refractivity contribution >= 4 is 17.6 Å². The molecule has 21 heavy (non-hydrogen) atoms. The zero-order valence-corrected chi connectivity index (χ0v) is 13.0. The van der Waals surface area contributed by atoms with Crippen LogP contribution in [0.25, 0.3) is 0 Å². The van der Waals surface area contributed by atoms with Crippen LogP contribution in [0.4, 0.5) is 5.82 Å². The molecule has 2 aromatic heterocycles. The number of anilines is 1. The minimum atomic E-state index is -0.223. The smallest absolute Gasteiger partial charge is 0.343 e. The normalized spacial score (nSPS) is 10.6. The highest BCUT2D eigenvalue weighted by atomic mass is 32.2. The Morgan fingerprint density at radius 3 is 2.90 bits per heavy atom. The largest absolute Gasteiger partial charge is 0.490 e. The summed E-state index contributed by atoms with van der Waals surface area (Å²) in [5.41, 5.74) is -0.223. The second-order valence-corrected chi connectivity index (χ2v) is 5.11. The average Bonchev–Trinajstić information content (AvgIpc) is 2.81. The highest BCUT2D eigenvalue weighted by Gasteiger charge is 2.17. The molecule has 0 aliphatic heterocycles. The van der Waals surface area contributed by atoms with Crippen molar-refractivity contribution in [2.24, 2.45) is 0 Å². The molecule has 2 N–H and O–H groups in total. The van der Waals surface area contributed by atoms with Gasteiger partial charge in [-0.25, -0.2) is 19.9 Å². The van der Waals surface area contributed by atoms with Gasteiger partial charge >= 0.3 is 5.69 Å². The number of ether oxygens (including phenoxy) is 1. The summed E-state index contributed by atoms with van der Waals surface area (Å²) in [5, 5.41) is 10.8. The summed E-state index contributed by atoms with van der Waals surface area (Å²) < 4.78 is 6.96. The standard InChI is InChI=1S/C12H18N6O2S/c1-4-6-18-11(19)16-17-12(18)21-10-8(20-3)9(13-5-2)14-7-15-10/h7H,4-6H2,1-3H3,(H,16,19)(H,13,14,15). The molecule has 0 radical (unpaired) electrons. The van der Waals surface area contributed by atoms with Crippen molar-refractivity contribution in [1.82, 2.24) is 24.7 Å². The van der Waals surface area contributed by atoms with Crippen molar-refractivity contribution < 1.29 is 4.74 Å². The van der Waals surface area contributed by atoms with Crippen LogP contribution in [0.1, 0.15) is 20.3 Å². The van der Waals surface area contributed by atoms with Crippen LogP contribution >= 0.6 is 11.8 Å². The van der Waals surface area contributed by atoms with E-state index in [9.17, 15) is 4.79 Å². The molecular weight excluding hydrogens is 292 g/mol. The third-order valence-electron chi connectivity index (χ3n) is 2.68. The highest BCUT2D eigenvalue weighted by molar-refractivity contribution is 7.99. The van der Waals surface area contributed by atoms with Crippen LogP contribution in [0, 0.1) is 0 Å². The van der Waals surface area contributed by atoms with Crippen LogP contribution < -0.4 is 15.7 Å². The number of nitrogens with zero attached hydrogens (tertiary/aromatic N) is 4. The molecule has 2 rings (SSSR count). The van der Waals surface area contributed by atoms with Crippen LogP contribution in [0.3, 0.4) is 0 Å². The SMILES string of the molecule is CCCn1c(Sc2ncnc(NCC)c2OC)n[nH]c1=O. The minimum absolute atomic E-state index is 0.223. The fraction of sp³-hybridized carbons (Fsp3) is 0.500. The van der Waals surface area contributed by atoms with Crippen LogP contribution in [0.5, 0.6) is 5.75 Å². The quantitative estimate of drug-likeness (QED) is 0.745. The Morgan fingerprint density at radius 2 is 2.24 bits per heavy atom. The summed E-state index contributed by atoms with van der Waals surface area (Å²) in [5.74, 6) is 1.17. The maximum Gasteiger partial charge on any atom is 0.343 e. The van der Waals surface area contributed by atoms with Gasteiger partial charge in [0.2, 0.25) is 0 Å². The molecule has 0 saturated heterocycles. The summed E-state index contributed by atoms with van der Waals surface area (Å²) >= 11 is 1.27. The zero-order valence-electron chi connectivity index (χ0n) is 12.2. The van der Waals surface area contributed by atoms with Gasteiger partial charge in [-0.1, -0.05) is 6.92 Å². The fourth-order valence-electron chi connectivity index (χ4n) is 1.80. The van der Waals surface area contributed by atoms with Gasteiger partial charge in [0.15, 0.2) is 21.7 Å². The topological polar surface area (TPSA) is 97.7 Å². The summed E-state index contributed by atoms with van der Waals surface area (Å²) in [6.45, 7) is 5.30. The van der Waals surface area contributed by atoms with Gasteiger partial charge in [0.1, 0.15) is 6.33 Å². The molecule has 114 valence electrons. The molecule has 0 unspecified atom stereocenters. The van der Waals surface area contributed by atoms with Crippen molar-refractivity contribution in [3.63, 3.8) is 0 Å². The molecule has 0 spiro atoms. The Morgan fingerprint density at radius 1 is 1.43 bits per heavy atom. The third kappa shape index (κ3) is 3.35. The van der Waals surface area contributed by atoms with Crippen molar-refractivity contribution in [2.45, 2.75) is 37.0 Å². The van der Waals surface area contributed by atoms with E-state index in [-0.39, 0.29) is 5.69 Å². The monoisotopic (exact) mass is 310 g/mol. The van der Waals surface area contributed by atoms with Gasteiger partial charge in [-0.2, -0.15) is 0 Å². The molecule has 2 aromatic rings. The first kappa shape index (κ1) is 15.4. The maximum atomic E-state index is 11.7. The number of methoxy groups -OCH3 is 1. The molecular formula is C12H18N6O2S. The molecule has 0 fully saturated rings. The van der Waals surface area contributed by atoms with Gasteiger partial charge in [0, 0.05) is 13.1 Å². The second kappa shape index (κ2) is 7.11. The van der Waals surface area contributed by atoms with Crippen LogP contribution in [0.2, 0.25) is 0 Å². The van der Waals surface area contributed by atoms with Crippen LogP contribution in [-0.2, 0) is 6.54 Å². The number of rotatable bonds is 7. The van der Waals surface area contributed by atoms with E-state index >= 15 is 0 Å². The van der Waals surface area contributed by atoms with Crippen LogP contribution in [-0.4, -0.2) is 38.4 Å². The maximum absolute atomic E-state index is 11.7. The number of H-pyrrole nitrogens is 1. The molecule has 9 heteroatoms. The van der Waals surface area contributed by atoms with E-state index in [4.69, 9.17) is 4.74 Å². The van der Waals surface area contributed by atoms with Gasteiger partial charge in [-0.15, -0.1) is 5.10 Å². The molecule has 8 nitrogen and oxygen atoms in total. The van der Waals surface area contributed by atoms with E-state index in [2.05, 4.69) is 25.5 Å². The summed E-state index contributed by atoms with van der Waals surface area (Å²) in [4.78, 5) is 20.1. The number of aromatic nitrogens is 5. The molecule has 2 heterocycles. The molecule has 0 aliphatic carbocycles. The lowest BCUT2D eigenvalue weighted by Crippen LogP contribution is -2.17. The Hall–Kier alpha value is -2.03. The number of aromatic amines is 1. The lowest BCUT2D eigenvalue weighted by Gasteiger charge is -2.11. The lowest BCUT2D eigenvalue weighted by molar-refractivity contribution is 0.400. The first-order valence-corrected chi connectivity index (χ1v) is 7.48. The van der Waals surface area contributed by atoms with Crippen molar-refractivity contribution in [1.29, 1.82) is 0 Å². The van der Waals surface area contributed by atoms with E-state index in [0.717, 1.165) is 13.0 Å². The first-order chi connectivity index (χ1) is 10.2. The number of hydrogen-bond acceptors (Lipinski definition) is 7. The predicted octanol–water partition coefficient (Wildman–Crippen LogP) is 1.36. The van der Waals surface area contributed by atoms with Gasteiger partial charge in [-0.05, 0) is 25.1 Å². The van der Waals surface area contributed by atoms with Gasteiger partial charge in [0.25, 0.3) is 0 Å². The van der Waals surface area contributed by atoms with Crippen LogP contribution in [0.15, 0.2) is 21.3 Å². The summed E-state index contributed by atoms with van der Waals surface area (Å²) in [7, 11) is 1.56. The zero-order chi connectivity index (χ0) is 15.2. The van der Waals surface area contributed by atoms with Crippen molar-refractivity contribution in [2.75, 3.05) is 19.0 Å². The highest BCUT2D eigenvalue weighted by Crippen LogP contribution is 2.35. The van der Waals surface area contributed by atoms with E-state index in [0.29, 0.717) is 28.3 Å². The van der Waals surface area contributed by atoms with Crippen molar-refractivity contribution in [3.05, 3.63) is 16.8 Å². The molecule has 0 saturated carbocycles. The molecule has 0 aliphatic rings. The first-order valence-electron chi connectivity index (χ1n) is 6.67. The second-order valence-electron chi connectivity index (χ2n) is 4.16. The van der Waals surface area contributed by atoms with E-state index < -0.39 is 0 Å². The number of nitrogens with one attached hydrogen (secondary N) is 2. The van der Waals surface area contributed by atoms with E-state index in [1.807, 2.05) is 13.8 Å². The Kier molecular flexibility index (Phi) is 5.20. The Balaban J connectivity index is 2.35. The Labute approximate surface area is 126 Å². The average molecular weight is 310 g/mol. The molecule has 0 bridgehead atoms. The predicted molar refractivity (Wildman–Crippen MR) is 80.0 cm³/mol. The molecule has 0 aromatic carbocycles. The van der Waals surface area contributed by atoms with Gasteiger partial charge < -0.3 is 10.1 Å². The van der Waals surface area contributed by atoms with E-state index in [1.165, 1.54) is 18.1 Å². The van der Waals surface area contributed by atoms with Gasteiger partial charge in [-0.3, -0.25) is 4.57 Å². The van der Waals surface area contributed by atoms with Gasteiger partial charge in [0.05, 0.1) is 7.11 Å². The Bertz CT molecular complexity index is 653. The number of hydrogen-bond donors (Lipinski definition) is 2. The summed E-state index contributed by atoms with van der Waals surface area (Å²) in [6.07, 6.45) is 2.30. The summed E-state index contributed by atoms with van der Waals surface area (Å²) in [6, 6.07) is 0.